The van der Waals surface area contributed by atoms with E-state index in [9.17, 15) is 9.90 Å². The van der Waals surface area contributed by atoms with Crippen LogP contribution in [0.5, 0.6) is 0 Å². The molecule has 1 fully saturated rings. The minimum atomic E-state index is -0.622. The van der Waals surface area contributed by atoms with Gasteiger partial charge in [-0.2, -0.15) is 0 Å². The van der Waals surface area contributed by atoms with Crippen LogP contribution < -0.4 is 0 Å². The molecular weight excluding hydrogens is 246 g/mol. The van der Waals surface area contributed by atoms with E-state index in [1.54, 1.807) is 4.90 Å². The molecule has 5 nitrogen and oxygen atoms in total. The fourth-order valence-corrected chi connectivity index (χ4v) is 2.26. The van der Waals surface area contributed by atoms with Crippen molar-refractivity contribution in [3.8, 4) is 0 Å². The Bertz CT molecular complexity index is 270. The molecule has 19 heavy (non-hydrogen) atoms. The molecule has 1 saturated heterocycles. The number of rotatable bonds is 7. The second-order valence-corrected chi connectivity index (χ2v) is 5.73. The highest BCUT2D eigenvalue weighted by atomic mass is 16.5. The van der Waals surface area contributed by atoms with Crippen LogP contribution in [0, 0.1) is 11.8 Å². The molecule has 0 aliphatic carbocycles. The van der Waals surface area contributed by atoms with E-state index >= 15 is 0 Å². The first-order valence-electron chi connectivity index (χ1n) is 7.19. The number of aliphatic hydroxyl groups excluding tert-OH is 2. The summed E-state index contributed by atoms with van der Waals surface area (Å²) < 4.78 is 5.37. The van der Waals surface area contributed by atoms with E-state index in [4.69, 9.17) is 9.84 Å². The summed E-state index contributed by atoms with van der Waals surface area (Å²) in [5, 5.41) is 18.8. The lowest BCUT2D eigenvalue weighted by Gasteiger charge is -2.35. The van der Waals surface area contributed by atoms with E-state index in [2.05, 4.69) is 13.8 Å². The van der Waals surface area contributed by atoms with Gasteiger partial charge in [0.1, 0.15) is 6.61 Å². The van der Waals surface area contributed by atoms with E-state index in [1.165, 1.54) is 0 Å². The maximum Gasteiger partial charge on any atom is 0.248 e. The topological polar surface area (TPSA) is 70.0 Å². The summed E-state index contributed by atoms with van der Waals surface area (Å²) >= 11 is 0. The number of likely N-dealkylation sites (tertiary alicyclic amines) is 1. The van der Waals surface area contributed by atoms with E-state index in [-0.39, 0.29) is 25.0 Å². The lowest BCUT2D eigenvalue weighted by molar-refractivity contribution is -0.141. The summed E-state index contributed by atoms with van der Waals surface area (Å²) in [4.78, 5) is 13.5. The number of nitrogens with zero attached hydrogens (tertiary/aromatic N) is 1. The second-order valence-electron chi connectivity index (χ2n) is 5.73. The fourth-order valence-electron chi connectivity index (χ4n) is 2.26. The normalized spacial score (nSPS) is 23.9. The molecule has 0 aromatic rings. The Labute approximate surface area is 115 Å². The number of ether oxygens (including phenoxy) is 1. The van der Waals surface area contributed by atoms with Crippen LogP contribution in [-0.2, 0) is 9.53 Å². The quantitative estimate of drug-likeness (QED) is 0.668. The van der Waals surface area contributed by atoms with Gasteiger partial charge in [0.2, 0.25) is 5.91 Å². The van der Waals surface area contributed by atoms with Gasteiger partial charge in [0.05, 0.1) is 6.10 Å². The predicted molar refractivity (Wildman–Crippen MR) is 72.7 cm³/mol. The molecule has 1 amide bonds. The van der Waals surface area contributed by atoms with Gasteiger partial charge in [-0.15, -0.1) is 0 Å². The lowest BCUT2D eigenvalue weighted by atomic mass is 9.95. The van der Waals surface area contributed by atoms with Crippen LogP contribution in [0.25, 0.3) is 0 Å². The van der Waals surface area contributed by atoms with Crippen molar-refractivity contribution in [1.29, 1.82) is 0 Å². The summed E-state index contributed by atoms with van der Waals surface area (Å²) in [6, 6.07) is 0. The molecule has 0 radical (unpaired) electrons. The molecule has 2 unspecified atom stereocenters. The van der Waals surface area contributed by atoms with Gasteiger partial charge in [-0.1, -0.05) is 13.8 Å². The standard InChI is InChI=1S/C14H27NO4/c1-11(2)4-3-7-19-10-14(18)15-6-5-12(9-16)13(17)8-15/h11-13,16-17H,3-10H2,1-2H3. The van der Waals surface area contributed by atoms with Crippen molar-refractivity contribution in [2.45, 2.75) is 39.2 Å². The average Bonchev–Trinajstić information content (AvgIpc) is 2.37. The van der Waals surface area contributed by atoms with Crippen LogP contribution in [0.1, 0.15) is 33.1 Å². The zero-order valence-electron chi connectivity index (χ0n) is 12.0. The number of carbonyl (C=O) groups excluding carboxylic acids is 1. The Morgan fingerprint density at radius 2 is 2.21 bits per heavy atom. The van der Waals surface area contributed by atoms with Crippen LogP contribution in [-0.4, -0.2) is 60.0 Å². The number of hydrogen-bond donors (Lipinski definition) is 2. The smallest absolute Gasteiger partial charge is 0.248 e. The van der Waals surface area contributed by atoms with Crippen molar-refractivity contribution in [2.24, 2.45) is 11.8 Å². The molecule has 0 saturated carbocycles. The maximum atomic E-state index is 11.9. The highest BCUT2D eigenvalue weighted by molar-refractivity contribution is 5.77. The number of aliphatic hydroxyl groups is 2. The molecule has 2 N–H and O–H groups in total. The van der Waals surface area contributed by atoms with E-state index in [1.807, 2.05) is 0 Å². The molecule has 0 spiro atoms. The van der Waals surface area contributed by atoms with E-state index < -0.39 is 6.10 Å². The van der Waals surface area contributed by atoms with Crippen molar-refractivity contribution >= 4 is 5.91 Å². The van der Waals surface area contributed by atoms with Crippen molar-refractivity contribution in [1.82, 2.24) is 4.90 Å². The van der Waals surface area contributed by atoms with E-state index in [0.29, 0.717) is 32.0 Å². The molecule has 0 bridgehead atoms. The number of β-amino-alcohol motifs (C(OH)–C–C–N with tert-alkyl or cyclic N) is 1. The monoisotopic (exact) mass is 273 g/mol. The first-order chi connectivity index (χ1) is 9.04. The Morgan fingerprint density at radius 1 is 1.47 bits per heavy atom. The van der Waals surface area contributed by atoms with Gasteiger partial charge >= 0.3 is 0 Å². The second kappa shape index (κ2) is 8.51. The average molecular weight is 273 g/mol. The summed E-state index contributed by atoms with van der Waals surface area (Å²) in [6.45, 7) is 5.91. The molecule has 1 aliphatic heterocycles. The summed E-state index contributed by atoms with van der Waals surface area (Å²) in [6.07, 6.45) is 2.11. The Hall–Kier alpha value is -0.650. The van der Waals surface area contributed by atoms with Gasteiger partial charge in [0.15, 0.2) is 0 Å². The molecular formula is C14H27NO4. The molecule has 0 aromatic heterocycles. The highest BCUT2D eigenvalue weighted by Gasteiger charge is 2.29. The largest absolute Gasteiger partial charge is 0.396 e. The molecule has 0 aromatic carbocycles. The third-order valence-corrected chi connectivity index (χ3v) is 3.60. The summed E-state index contributed by atoms with van der Waals surface area (Å²) in [5.41, 5.74) is 0. The lowest BCUT2D eigenvalue weighted by Crippen LogP contribution is -2.48. The molecule has 112 valence electrons. The number of amides is 1. The molecule has 5 heteroatoms. The summed E-state index contributed by atoms with van der Waals surface area (Å²) in [5.74, 6) is 0.489. The zero-order chi connectivity index (χ0) is 14.3. The molecule has 1 rings (SSSR count). The number of hydrogen-bond acceptors (Lipinski definition) is 4. The third kappa shape index (κ3) is 5.89. The van der Waals surface area contributed by atoms with Gasteiger partial charge in [-0.05, 0) is 25.2 Å². The van der Waals surface area contributed by atoms with Crippen LogP contribution in [0.3, 0.4) is 0 Å². The third-order valence-electron chi connectivity index (χ3n) is 3.60. The van der Waals surface area contributed by atoms with Crippen LogP contribution in [0.15, 0.2) is 0 Å². The Balaban J connectivity index is 2.16. The highest BCUT2D eigenvalue weighted by Crippen LogP contribution is 2.17. The van der Waals surface area contributed by atoms with Crippen LogP contribution in [0.2, 0.25) is 0 Å². The number of piperidine rings is 1. The Morgan fingerprint density at radius 3 is 2.79 bits per heavy atom. The van der Waals surface area contributed by atoms with E-state index in [0.717, 1.165) is 12.8 Å². The van der Waals surface area contributed by atoms with Gasteiger partial charge in [-0.25, -0.2) is 0 Å². The van der Waals surface area contributed by atoms with Crippen molar-refractivity contribution < 1.29 is 19.7 Å². The first kappa shape index (κ1) is 16.4. The van der Waals surface area contributed by atoms with Crippen LogP contribution in [0.4, 0.5) is 0 Å². The van der Waals surface area contributed by atoms with Crippen molar-refractivity contribution in [3.05, 3.63) is 0 Å². The Kier molecular flexibility index (Phi) is 7.34. The SMILES string of the molecule is CC(C)CCCOCC(=O)N1CCC(CO)C(O)C1. The summed E-state index contributed by atoms with van der Waals surface area (Å²) in [7, 11) is 0. The van der Waals surface area contributed by atoms with Crippen LogP contribution >= 0.6 is 0 Å². The molecule has 1 heterocycles. The van der Waals surface area contributed by atoms with Gasteiger partial charge in [0, 0.05) is 32.2 Å². The minimum Gasteiger partial charge on any atom is -0.396 e. The fraction of sp³-hybridized carbons (Fsp3) is 0.929. The van der Waals surface area contributed by atoms with Gasteiger partial charge < -0.3 is 19.8 Å². The predicted octanol–water partition coefficient (Wildman–Crippen LogP) is 0.641. The van der Waals surface area contributed by atoms with Gasteiger partial charge in [0.25, 0.3) is 0 Å². The minimum absolute atomic E-state index is 0.0189. The number of carbonyl (C=O) groups is 1. The van der Waals surface area contributed by atoms with Crippen molar-refractivity contribution in [2.75, 3.05) is 32.9 Å². The van der Waals surface area contributed by atoms with Crippen molar-refractivity contribution in [3.63, 3.8) is 0 Å². The first-order valence-corrected chi connectivity index (χ1v) is 7.19. The maximum absolute atomic E-state index is 11.9. The zero-order valence-corrected chi connectivity index (χ0v) is 12.0. The molecule has 1 aliphatic rings. The van der Waals surface area contributed by atoms with Gasteiger partial charge in [-0.3, -0.25) is 4.79 Å². The molecule has 2 atom stereocenters.